The van der Waals surface area contributed by atoms with Crippen LogP contribution in [-0.2, 0) is 18.4 Å². The average molecular weight is 994 g/mol. The monoisotopic (exact) mass is 992 g/mol. The smallest absolute Gasteiger partial charge is 0.252 e. The molecule has 0 aliphatic carbocycles. The number of rotatable bonds is 16. The number of aryl methyl sites for hydroxylation is 2. The largest absolute Gasteiger partial charge is 0.494 e. The van der Waals surface area contributed by atoms with Crippen molar-refractivity contribution in [1.29, 1.82) is 0 Å². The number of carbonyl (C=O) groups is 1. The van der Waals surface area contributed by atoms with Crippen LogP contribution >= 0.6 is 15.9 Å². The molecule has 2 saturated heterocycles. The maximum Gasteiger partial charge on any atom is 0.252 e. The van der Waals surface area contributed by atoms with Crippen LogP contribution in [0, 0.1) is 12.8 Å². The summed E-state index contributed by atoms with van der Waals surface area (Å²) in [6.45, 7) is 10.9. The lowest BCUT2D eigenvalue weighted by molar-refractivity contribution is -0.112. The van der Waals surface area contributed by atoms with Crippen LogP contribution in [0.15, 0.2) is 95.9 Å². The minimum atomic E-state index is -0.380. The number of hydrogen-bond donors (Lipinski definition) is 4. The summed E-state index contributed by atoms with van der Waals surface area (Å²) in [7, 11) is 9.71. The lowest BCUT2D eigenvalue weighted by Gasteiger charge is -2.27. The Labute approximate surface area is 408 Å². The van der Waals surface area contributed by atoms with Crippen LogP contribution in [0.25, 0.3) is 38.8 Å². The van der Waals surface area contributed by atoms with E-state index in [0.29, 0.717) is 64.9 Å². The highest BCUT2D eigenvalue weighted by molar-refractivity contribution is 9.10. The van der Waals surface area contributed by atoms with E-state index in [4.69, 9.17) is 29.8 Å². The highest BCUT2D eigenvalue weighted by Gasteiger charge is 2.36. The van der Waals surface area contributed by atoms with Gasteiger partial charge in [-0.15, -0.1) is 0 Å². The van der Waals surface area contributed by atoms with E-state index < -0.39 is 0 Å². The molecule has 1 amide bonds. The number of fused-ring (bicyclic) bond motifs is 4. The van der Waals surface area contributed by atoms with Crippen LogP contribution in [0.3, 0.4) is 0 Å². The van der Waals surface area contributed by atoms with Crippen molar-refractivity contribution in [2.45, 2.75) is 32.4 Å². The summed E-state index contributed by atoms with van der Waals surface area (Å²) in [4.78, 5) is 51.5. The lowest BCUT2D eigenvalue weighted by Crippen LogP contribution is -2.40. The Morgan fingerprint density at radius 3 is 2.70 bits per heavy atom. The fourth-order valence-corrected chi connectivity index (χ4v) is 9.83. The Morgan fingerprint density at radius 1 is 1.01 bits per heavy atom. The summed E-state index contributed by atoms with van der Waals surface area (Å²) < 4.78 is 10.5. The van der Waals surface area contributed by atoms with Crippen LogP contribution in [-0.4, -0.2) is 128 Å². The number of piperidine rings is 1. The third-order valence-corrected chi connectivity index (χ3v) is 13.7. The molecule has 18 nitrogen and oxygen atoms in total. The van der Waals surface area contributed by atoms with Crippen LogP contribution in [0.1, 0.15) is 24.2 Å². The van der Waals surface area contributed by atoms with Gasteiger partial charge >= 0.3 is 0 Å². The average Bonchev–Trinajstić information content (AvgIpc) is 4.14. The molecule has 356 valence electrons. The van der Waals surface area contributed by atoms with Crippen molar-refractivity contribution in [2.75, 3.05) is 92.9 Å². The molecule has 8 aromatic rings. The molecule has 2 atom stereocenters. The van der Waals surface area contributed by atoms with Crippen LogP contribution in [0.5, 0.6) is 5.75 Å². The highest BCUT2D eigenvalue weighted by atomic mass is 79.9. The molecule has 2 aliphatic heterocycles. The topological polar surface area (TPSA) is 178 Å². The van der Waals surface area contributed by atoms with Gasteiger partial charge in [0.15, 0.2) is 5.65 Å². The molecule has 0 saturated carbocycles. The number of para-hydroxylation sites is 1. The molecule has 3 aromatic carbocycles. The van der Waals surface area contributed by atoms with Crippen LogP contribution in [0.2, 0.25) is 0 Å². The van der Waals surface area contributed by atoms with Gasteiger partial charge in [-0.25, -0.2) is 15.0 Å². The van der Waals surface area contributed by atoms with Gasteiger partial charge < -0.3 is 49.8 Å². The zero-order valence-corrected chi connectivity index (χ0v) is 41.4. The lowest BCUT2D eigenvalue weighted by atomic mass is 9.94. The molecule has 69 heavy (non-hydrogen) atoms. The van der Waals surface area contributed by atoms with Crippen molar-refractivity contribution >= 4 is 84.3 Å². The third kappa shape index (κ3) is 9.41. The summed E-state index contributed by atoms with van der Waals surface area (Å²) in [6.07, 6.45) is 7.85. The minimum Gasteiger partial charge on any atom is -0.494 e. The molecule has 2 aliphatic rings. The van der Waals surface area contributed by atoms with E-state index in [1.54, 1.807) is 24.0 Å². The number of aromatic nitrogens is 9. The molecule has 4 N–H and O–H groups in total. The van der Waals surface area contributed by atoms with Gasteiger partial charge in [-0.1, -0.05) is 30.8 Å². The number of nitrogens with zero attached hydrogens (tertiary/aromatic N) is 12. The number of anilines is 6. The molecule has 0 unspecified atom stereocenters. The second-order valence-corrected chi connectivity index (χ2v) is 19.2. The molecule has 5 aromatic heterocycles. The third-order valence-electron chi connectivity index (χ3n) is 13.1. The molecule has 7 heterocycles. The number of methoxy groups -OCH3 is 1. The van der Waals surface area contributed by atoms with E-state index in [2.05, 4.69) is 99.0 Å². The van der Waals surface area contributed by atoms with Gasteiger partial charge in [0.1, 0.15) is 11.6 Å². The van der Waals surface area contributed by atoms with E-state index >= 15 is 0 Å². The first-order valence-corrected chi connectivity index (χ1v) is 24.0. The molecule has 0 spiro atoms. The molecule has 0 bridgehead atoms. The SMILES string of the molecule is C=C(CN(Cc1nc2ccc(C)cc2[nH]1)c1nc(N2C[C@@H]3CCCN[C@@H]3C2)nc2c(Br)cnn12)C(=O)Nc1cc(Nc2nccc(-c3cn(C)c4ccccc34)n2)c(OC)cc1N(C)CCN(C)C. The number of benzene rings is 3. The molecular weight excluding hydrogens is 937 g/mol. The molecule has 10 rings (SSSR count). The van der Waals surface area contributed by atoms with E-state index in [1.165, 1.54) is 0 Å². The number of hydrogen-bond acceptors (Lipinski definition) is 14. The maximum absolute atomic E-state index is 14.7. The first-order chi connectivity index (χ1) is 33.4. The highest BCUT2D eigenvalue weighted by Crippen LogP contribution is 2.39. The van der Waals surface area contributed by atoms with Crippen molar-refractivity contribution in [3.05, 3.63) is 107 Å². The molecule has 0 radical (unpaired) electrons. The Bertz CT molecular complexity index is 3200. The fourth-order valence-electron chi connectivity index (χ4n) is 9.48. The van der Waals surface area contributed by atoms with Gasteiger partial charge in [0.05, 0.1) is 64.7 Å². The van der Waals surface area contributed by atoms with Crippen molar-refractivity contribution < 1.29 is 9.53 Å². The Hall–Kier alpha value is -7.09. The number of ether oxygens (including phenoxy) is 1. The normalized spacial score (nSPS) is 15.9. The minimum absolute atomic E-state index is 0.0829. The second kappa shape index (κ2) is 19.1. The number of carbonyl (C=O) groups excluding carboxylic acids is 1. The van der Waals surface area contributed by atoms with Gasteiger partial charge in [-0.2, -0.15) is 19.6 Å². The number of nitrogens with one attached hydrogen (secondary N) is 4. The zero-order valence-electron chi connectivity index (χ0n) is 39.8. The summed E-state index contributed by atoms with van der Waals surface area (Å²) in [5, 5.41) is 16.1. The zero-order chi connectivity index (χ0) is 47.9. The second-order valence-electron chi connectivity index (χ2n) is 18.4. The van der Waals surface area contributed by atoms with Gasteiger partial charge in [0.25, 0.3) is 5.91 Å². The summed E-state index contributed by atoms with van der Waals surface area (Å²) in [5.74, 6) is 2.85. The van der Waals surface area contributed by atoms with E-state index in [9.17, 15) is 4.79 Å². The van der Waals surface area contributed by atoms with Crippen molar-refractivity contribution in [2.24, 2.45) is 13.0 Å². The van der Waals surface area contributed by atoms with Crippen LogP contribution in [0.4, 0.5) is 34.9 Å². The standard InChI is InChI=1S/C50H57BrN16O2/c1-30-14-15-37-38(21-30)56-45(55-37)29-66(50-61-49(60-46-35(51)24-54-67(46)50)65-26-32-11-10-17-52-41(32)28-65)25-31(2)47(68)57-39-22-40(44(69-7)23-43(39)63(5)20-19-62(3)4)59-48-53-18-16-36(58-48)34-27-64(6)42-13-9-8-12-33(34)42/h8-9,12-16,18,21-24,27,32,41,52H,2,10-11,17,19-20,25-26,28-29H2,1,3-7H3,(H,55,56)(H,57,68)(H,53,58,59)/t32-,41+/m0/s1. The Balaban J connectivity index is 0.983. The van der Waals surface area contributed by atoms with E-state index in [0.717, 1.165) is 87.9 Å². The molecular formula is C50H57BrN16O2. The Kier molecular flexibility index (Phi) is 12.7. The van der Waals surface area contributed by atoms with Crippen molar-refractivity contribution in [3.63, 3.8) is 0 Å². The number of amides is 1. The summed E-state index contributed by atoms with van der Waals surface area (Å²) in [6, 6.07) is 20.4. The first-order valence-electron chi connectivity index (χ1n) is 23.2. The molecule has 2 fully saturated rings. The number of halogens is 1. The number of aromatic amines is 1. The fraction of sp³-hybridized carbons (Fsp3) is 0.340. The summed E-state index contributed by atoms with van der Waals surface area (Å²) >= 11 is 3.71. The van der Waals surface area contributed by atoms with E-state index in [1.807, 2.05) is 75.6 Å². The predicted molar refractivity (Wildman–Crippen MR) is 277 cm³/mol. The van der Waals surface area contributed by atoms with Gasteiger partial charge in [-0.3, -0.25) is 4.79 Å². The summed E-state index contributed by atoms with van der Waals surface area (Å²) in [5.41, 5.74) is 8.51. The van der Waals surface area contributed by atoms with Gasteiger partial charge in [0.2, 0.25) is 17.8 Å². The molecule has 19 heteroatoms. The Morgan fingerprint density at radius 2 is 1.87 bits per heavy atom. The van der Waals surface area contributed by atoms with Gasteiger partial charge in [-0.05, 0) is 98.1 Å². The van der Waals surface area contributed by atoms with Crippen molar-refractivity contribution in [3.8, 4) is 17.0 Å². The quantitative estimate of drug-likeness (QED) is 0.0717. The van der Waals surface area contributed by atoms with E-state index in [-0.39, 0.29) is 24.6 Å². The predicted octanol–water partition coefficient (Wildman–Crippen LogP) is 7.16. The first kappa shape index (κ1) is 45.7. The van der Waals surface area contributed by atoms with Gasteiger partial charge in [0, 0.05) is 86.8 Å². The van der Waals surface area contributed by atoms with Crippen LogP contribution < -0.4 is 35.4 Å². The van der Waals surface area contributed by atoms with Crippen molar-refractivity contribution in [1.82, 2.24) is 54.3 Å². The number of likely N-dealkylation sites (N-methyl/N-ethyl adjacent to an activating group) is 2. The maximum atomic E-state index is 14.7. The number of imidazole rings is 1. The number of H-pyrrole nitrogens is 1.